The first kappa shape index (κ1) is 20.2. The summed E-state index contributed by atoms with van der Waals surface area (Å²) in [6.45, 7) is 7.17. The Labute approximate surface area is 183 Å². The summed E-state index contributed by atoms with van der Waals surface area (Å²) in [5.74, 6) is 0. The van der Waals surface area contributed by atoms with E-state index >= 15 is 0 Å². The van der Waals surface area contributed by atoms with E-state index in [0.717, 1.165) is 0 Å². The molecular formula is C28H30SiZr. The van der Waals surface area contributed by atoms with Crippen LogP contribution in [0.5, 0.6) is 0 Å². The van der Waals surface area contributed by atoms with E-state index in [2.05, 4.69) is 115 Å². The monoisotopic (exact) mass is 484 g/mol. The zero-order chi connectivity index (χ0) is 21.1. The van der Waals surface area contributed by atoms with E-state index in [-0.39, 0.29) is 0 Å². The molecule has 0 fully saturated rings. The van der Waals surface area contributed by atoms with Crippen molar-refractivity contribution in [1.82, 2.24) is 0 Å². The molecule has 2 unspecified atom stereocenters. The fourth-order valence-electron chi connectivity index (χ4n) is 6.58. The summed E-state index contributed by atoms with van der Waals surface area (Å²) in [7, 11) is 0. The molecule has 0 saturated carbocycles. The Morgan fingerprint density at radius 3 is 2.03 bits per heavy atom. The van der Waals surface area contributed by atoms with Gasteiger partial charge in [-0.3, -0.25) is 0 Å². The van der Waals surface area contributed by atoms with Crippen LogP contribution in [0, 0.1) is 0 Å². The van der Waals surface area contributed by atoms with Gasteiger partial charge in [0.05, 0.1) is 0 Å². The standard InChI is InChI=1S/C16H13.C10H9.2CH3.H2Si.Zr/c1-12-10-14-8-5-9-15(16(14)11-12)13-6-3-2-4-7-13;1-8-6-9-4-2-3-5-10(9)7-8;;;;/h2-11H,1H3;2-7H,1H3;2*1H3;1H2;. The van der Waals surface area contributed by atoms with Gasteiger partial charge in [0.15, 0.2) is 0 Å². The summed E-state index contributed by atoms with van der Waals surface area (Å²) in [4.78, 5) is 0. The molecule has 2 atom stereocenters. The van der Waals surface area contributed by atoms with Crippen molar-refractivity contribution in [3.05, 3.63) is 106 Å². The molecule has 0 spiro atoms. The molecule has 2 aliphatic carbocycles. The molecule has 0 nitrogen and oxygen atoms in total. The average Bonchev–Trinajstić information content (AvgIpc) is 3.24. The van der Waals surface area contributed by atoms with E-state index in [1.165, 1.54) is 22.3 Å². The maximum atomic E-state index is 2.70. The second-order valence-electron chi connectivity index (χ2n) is 10.4. The van der Waals surface area contributed by atoms with E-state index in [0.29, 0.717) is 7.25 Å². The van der Waals surface area contributed by atoms with Crippen molar-refractivity contribution in [2.45, 2.75) is 30.4 Å². The first-order valence-corrected chi connectivity index (χ1v) is 24.6. The van der Waals surface area contributed by atoms with Gasteiger partial charge < -0.3 is 0 Å². The molecule has 30 heavy (non-hydrogen) atoms. The van der Waals surface area contributed by atoms with Crippen LogP contribution in [-0.2, 0) is 17.4 Å². The fourth-order valence-corrected chi connectivity index (χ4v) is 27.9. The van der Waals surface area contributed by atoms with E-state index in [1.54, 1.807) is 22.3 Å². The number of hydrogen-bond donors (Lipinski definition) is 0. The van der Waals surface area contributed by atoms with Gasteiger partial charge in [0.2, 0.25) is 0 Å². The minimum absolute atomic E-state index is 0.586. The van der Waals surface area contributed by atoms with Crippen LogP contribution in [0.2, 0.25) is 9.26 Å². The van der Waals surface area contributed by atoms with Gasteiger partial charge in [0.25, 0.3) is 0 Å². The van der Waals surface area contributed by atoms with Crippen molar-refractivity contribution in [2.75, 3.05) is 0 Å². The predicted octanol–water partition coefficient (Wildman–Crippen LogP) is 7.30. The maximum absolute atomic E-state index is 3.32. The van der Waals surface area contributed by atoms with Crippen LogP contribution in [0.4, 0.5) is 0 Å². The molecule has 3 aromatic carbocycles. The van der Waals surface area contributed by atoms with Crippen molar-refractivity contribution in [2.24, 2.45) is 0 Å². The number of fused-ring (bicyclic) bond motifs is 2. The summed E-state index contributed by atoms with van der Waals surface area (Å²) < 4.78 is 6.61. The first-order valence-electron chi connectivity index (χ1n) is 11.0. The molecule has 3 aromatic rings. The summed E-state index contributed by atoms with van der Waals surface area (Å²) in [6, 6.07) is 26.9. The molecule has 0 N–H and O–H groups in total. The summed E-state index contributed by atoms with van der Waals surface area (Å²) in [6.07, 6.45) is 4.94. The Morgan fingerprint density at radius 1 is 0.667 bits per heavy atom. The normalized spacial score (nSPS) is 20.4. The van der Waals surface area contributed by atoms with Gasteiger partial charge in [-0.15, -0.1) is 0 Å². The van der Waals surface area contributed by atoms with Gasteiger partial charge in [-0.05, 0) is 0 Å². The minimum atomic E-state index is -3.32. The van der Waals surface area contributed by atoms with Crippen LogP contribution < -0.4 is 0 Å². The van der Waals surface area contributed by atoms with Crippen molar-refractivity contribution < 1.29 is 17.4 Å². The summed E-state index contributed by atoms with van der Waals surface area (Å²) >= 11 is -3.32. The van der Waals surface area contributed by atoms with E-state index in [1.807, 2.05) is 0 Å². The van der Waals surface area contributed by atoms with Gasteiger partial charge in [0, 0.05) is 0 Å². The Hall–Kier alpha value is -1.76. The van der Waals surface area contributed by atoms with Crippen LogP contribution in [0.25, 0.3) is 23.3 Å². The van der Waals surface area contributed by atoms with Gasteiger partial charge in [-0.25, -0.2) is 0 Å². The zero-order valence-corrected chi connectivity index (χ0v) is 22.3. The average molecular weight is 486 g/mol. The summed E-state index contributed by atoms with van der Waals surface area (Å²) in [5.41, 5.74) is 11.9. The Kier molecular flexibility index (Phi) is 4.62. The fraction of sp³-hybridized carbons (Fsp3) is 0.214. The predicted molar refractivity (Wildman–Crippen MR) is 131 cm³/mol. The van der Waals surface area contributed by atoms with Crippen LogP contribution in [-0.4, -0.2) is 6.88 Å². The molecule has 0 bridgehead atoms. The summed E-state index contributed by atoms with van der Waals surface area (Å²) in [5, 5.41) is 0. The molecule has 0 aromatic heterocycles. The second-order valence-corrected chi connectivity index (χ2v) is 40.9. The third-order valence-corrected chi connectivity index (χ3v) is 25.3. The van der Waals surface area contributed by atoms with Crippen LogP contribution in [0.15, 0.2) is 83.9 Å². The first-order chi connectivity index (χ1) is 14.3. The van der Waals surface area contributed by atoms with Crippen LogP contribution >= 0.6 is 0 Å². The molecular weight excluding hydrogens is 456 g/mol. The Balaban J connectivity index is 1.70. The molecule has 0 saturated heterocycles. The number of hydrogen-bond acceptors (Lipinski definition) is 0. The third-order valence-electron chi connectivity index (χ3n) is 7.40. The van der Waals surface area contributed by atoms with E-state index in [9.17, 15) is 0 Å². The van der Waals surface area contributed by atoms with Gasteiger partial charge in [0.1, 0.15) is 0 Å². The van der Waals surface area contributed by atoms with Crippen LogP contribution in [0.1, 0.15) is 43.4 Å². The van der Waals surface area contributed by atoms with Crippen LogP contribution in [0.3, 0.4) is 0 Å². The number of rotatable bonds is 3. The topological polar surface area (TPSA) is 0 Å². The number of allylic oxidation sites excluding steroid dienone is 2. The number of benzene rings is 3. The molecule has 0 radical (unpaired) electrons. The van der Waals surface area contributed by atoms with Crippen molar-refractivity contribution in [1.29, 1.82) is 0 Å². The van der Waals surface area contributed by atoms with Gasteiger partial charge >= 0.3 is 184 Å². The quantitative estimate of drug-likeness (QED) is 0.341. The zero-order valence-electron chi connectivity index (χ0n) is 18.4. The van der Waals surface area contributed by atoms with Gasteiger partial charge in [-0.2, -0.15) is 0 Å². The molecule has 0 amide bonds. The van der Waals surface area contributed by atoms with Crippen molar-refractivity contribution >= 4 is 19.0 Å². The molecule has 2 heteroatoms. The molecule has 5 rings (SSSR count). The van der Waals surface area contributed by atoms with E-state index in [4.69, 9.17) is 0 Å². The third kappa shape index (κ3) is 2.95. The van der Waals surface area contributed by atoms with Gasteiger partial charge in [-0.1, -0.05) is 0 Å². The second kappa shape index (κ2) is 6.87. The van der Waals surface area contributed by atoms with E-state index < -0.39 is 17.4 Å². The molecule has 150 valence electrons. The molecule has 0 aliphatic heterocycles. The van der Waals surface area contributed by atoms with Crippen molar-refractivity contribution in [3.8, 4) is 11.1 Å². The SMILES string of the molecule is CC1=Cc2ccccc2[CH]1[Zr]([CH3])([CH3])(=[SiH2])[CH]1C(C)=Cc2c(-c3ccccc3)cccc21. The molecule has 0 heterocycles. The Morgan fingerprint density at radius 2 is 1.27 bits per heavy atom. The molecule has 2 aliphatic rings. The van der Waals surface area contributed by atoms with Crippen molar-refractivity contribution in [3.63, 3.8) is 0 Å². The Bertz CT molecular complexity index is 1290.